The molecule has 1 amide bonds. The van der Waals surface area contributed by atoms with Crippen molar-refractivity contribution in [1.82, 2.24) is 10.2 Å². The maximum Gasteiger partial charge on any atom is 0.236 e. The predicted octanol–water partition coefficient (Wildman–Crippen LogP) is 1.39. The largest absolute Gasteiger partial charge is 0.396 e. The van der Waals surface area contributed by atoms with Gasteiger partial charge in [-0.05, 0) is 31.7 Å². The lowest BCUT2D eigenvalue weighted by atomic mass is 10.0. The van der Waals surface area contributed by atoms with Crippen LogP contribution in [0.25, 0.3) is 0 Å². The maximum atomic E-state index is 12.0. The summed E-state index contributed by atoms with van der Waals surface area (Å²) in [7, 11) is 0. The van der Waals surface area contributed by atoms with Gasteiger partial charge in [-0.3, -0.25) is 4.79 Å². The van der Waals surface area contributed by atoms with Crippen LogP contribution in [-0.2, 0) is 4.79 Å². The molecule has 1 atom stereocenters. The zero-order chi connectivity index (χ0) is 13.2. The normalized spacial score (nSPS) is 18.4. The third kappa shape index (κ3) is 5.83. The van der Waals surface area contributed by atoms with Crippen molar-refractivity contribution in [2.24, 2.45) is 5.92 Å². The van der Waals surface area contributed by atoms with Crippen molar-refractivity contribution in [3.05, 3.63) is 0 Å². The van der Waals surface area contributed by atoms with E-state index in [2.05, 4.69) is 12.2 Å². The van der Waals surface area contributed by atoms with Crippen molar-refractivity contribution < 1.29 is 9.90 Å². The van der Waals surface area contributed by atoms with Gasteiger partial charge in [-0.1, -0.05) is 26.2 Å². The van der Waals surface area contributed by atoms with E-state index in [0.717, 1.165) is 45.3 Å². The first kappa shape index (κ1) is 15.4. The van der Waals surface area contributed by atoms with Crippen LogP contribution in [0.3, 0.4) is 0 Å². The van der Waals surface area contributed by atoms with E-state index in [1.807, 2.05) is 4.90 Å². The van der Waals surface area contributed by atoms with Crippen LogP contribution in [0.4, 0.5) is 0 Å². The quantitative estimate of drug-likeness (QED) is 0.724. The number of hydrogen-bond acceptors (Lipinski definition) is 3. The monoisotopic (exact) mass is 256 g/mol. The Balaban J connectivity index is 2.18. The van der Waals surface area contributed by atoms with Crippen LogP contribution in [0.5, 0.6) is 0 Å². The lowest BCUT2D eigenvalue weighted by Gasteiger charge is -2.21. The molecular formula is C14H28N2O2. The SMILES string of the molecule is CCC(CCO)CNCC(=O)N1CCCCCC1. The minimum absolute atomic E-state index is 0.232. The van der Waals surface area contributed by atoms with E-state index in [9.17, 15) is 4.79 Å². The highest BCUT2D eigenvalue weighted by atomic mass is 16.3. The molecular weight excluding hydrogens is 228 g/mol. The highest BCUT2D eigenvalue weighted by molar-refractivity contribution is 5.78. The van der Waals surface area contributed by atoms with Crippen LogP contribution in [-0.4, -0.2) is 48.7 Å². The number of aliphatic hydroxyl groups excluding tert-OH is 1. The molecule has 1 rings (SSSR count). The van der Waals surface area contributed by atoms with Crippen molar-refractivity contribution in [2.75, 3.05) is 32.8 Å². The zero-order valence-electron chi connectivity index (χ0n) is 11.7. The lowest BCUT2D eigenvalue weighted by molar-refractivity contribution is -0.130. The Hall–Kier alpha value is -0.610. The van der Waals surface area contributed by atoms with Crippen LogP contribution in [0.1, 0.15) is 45.4 Å². The molecule has 0 aromatic rings. The fourth-order valence-electron chi connectivity index (χ4n) is 2.45. The minimum Gasteiger partial charge on any atom is -0.396 e. The van der Waals surface area contributed by atoms with Crippen molar-refractivity contribution in [3.63, 3.8) is 0 Å². The molecule has 106 valence electrons. The van der Waals surface area contributed by atoms with E-state index in [-0.39, 0.29) is 12.5 Å². The predicted molar refractivity (Wildman–Crippen MR) is 73.4 cm³/mol. The summed E-state index contributed by atoms with van der Waals surface area (Å²) in [6.07, 6.45) is 6.67. The summed E-state index contributed by atoms with van der Waals surface area (Å²) in [5, 5.41) is 12.1. The van der Waals surface area contributed by atoms with Crippen molar-refractivity contribution in [3.8, 4) is 0 Å². The Morgan fingerprint density at radius 2 is 1.94 bits per heavy atom. The third-order valence-corrected chi connectivity index (χ3v) is 3.78. The number of nitrogens with zero attached hydrogens (tertiary/aromatic N) is 1. The Morgan fingerprint density at radius 1 is 1.28 bits per heavy atom. The number of hydrogen-bond donors (Lipinski definition) is 2. The number of likely N-dealkylation sites (tertiary alicyclic amines) is 1. The van der Waals surface area contributed by atoms with E-state index >= 15 is 0 Å². The van der Waals surface area contributed by atoms with Crippen LogP contribution in [0.2, 0.25) is 0 Å². The zero-order valence-corrected chi connectivity index (χ0v) is 11.7. The average Bonchev–Trinajstić information content (AvgIpc) is 2.66. The molecule has 2 N–H and O–H groups in total. The first-order valence-electron chi connectivity index (χ1n) is 7.37. The molecule has 0 aromatic carbocycles. The maximum absolute atomic E-state index is 12.0. The number of amides is 1. The second kappa shape index (κ2) is 9.34. The van der Waals surface area contributed by atoms with Gasteiger partial charge in [-0.2, -0.15) is 0 Å². The molecule has 0 aliphatic carbocycles. The summed E-state index contributed by atoms with van der Waals surface area (Å²) in [6.45, 7) is 5.49. The topological polar surface area (TPSA) is 52.6 Å². The molecule has 1 fully saturated rings. The van der Waals surface area contributed by atoms with E-state index in [4.69, 9.17) is 5.11 Å². The first-order valence-corrected chi connectivity index (χ1v) is 7.37. The van der Waals surface area contributed by atoms with Crippen molar-refractivity contribution >= 4 is 5.91 Å². The minimum atomic E-state index is 0.232. The molecule has 1 saturated heterocycles. The summed E-state index contributed by atoms with van der Waals surface area (Å²) in [4.78, 5) is 14.0. The second-order valence-electron chi connectivity index (χ2n) is 5.21. The summed E-state index contributed by atoms with van der Waals surface area (Å²) in [6, 6.07) is 0. The molecule has 1 unspecified atom stereocenters. The Bertz CT molecular complexity index is 226. The third-order valence-electron chi connectivity index (χ3n) is 3.78. The molecule has 18 heavy (non-hydrogen) atoms. The number of carbonyl (C=O) groups excluding carboxylic acids is 1. The highest BCUT2D eigenvalue weighted by Gasteiger charge is 2.15. The van der Waals surface area contributed by atoms with Crippen LogP contribution < -0.4 is 5.32 Å². The number of aliphatic hydroxyl groups is 1. The standard InChI is InChI=1S/C14H28N2O2/c1-2-13(7-10-17)11-15-12-14(18)16-8-5-3-4-6-9-16/h13,15,17H,2-12H2,1H3. The van der Waals surface area contributed by atoms with E-state index in [0.29, 0.717) is 12.5 Å². The van der Waals surface area contributed by atoms with Gasteiger partial charge in [0.1, 0.15) is 0 Å². The Kier molecular flexibility index (Phi) is 8.01. The molecule has 0 radical (unpaired) electrons. The van der Waals surface area contributed by atoms with Crippen molar-refractivity contribution in [1.29, 1.82) is 0 Å². The summed E-state index contributed by atoms with van der Waals surface area (Å²) < 4.78 is 0. The van der Waals surface area contributed by atoms with Gasteiger partial charge in [0.25, 0.3) is 0 Å². The molecule has 1 heterocycles. The fraction of sp³-hybridized carbons (Fsp3) is 0.929. The molecule has 4 nitrogen and oxygen atoms in total. The van der Waals surface area contributed by atoms with Gasteiger partial charge >= 0.3 is 0 Å². The molecule has 0 saturated carbocycles. The second-order valence-corrected chi connectivity index (χ2v) is 5.21. The lowest BCUT2D eigenvalue weighted by Crippen LogP contribution is -2.40. The molecule has 4 heteroatoms. The Labute approximate surface area is 111 Å². The van der Waals surface area contributed by atoms with Crippen molar-refractivity contribution in [2.45, 2.75) is 45.4 Å². The molecule has 0 aromatic heterocycles. The number of nitrogens with one attached hydrogen (secondary N) is 1. The summed E-state index contributed by atoms with van der Waals surface area (Å²) in [5.41, 5.74) is 0. The molecule has 1 aliphatic rings. The van der Waals surface area contributed by atoms with Gasteiger partial charge in [-0.25, -0.2) is 0 Å². The van der Waals surface area contributed by atoms with Gasteiger partial charge in [0, 0.05) is 19.7 Å². The first-order chi connectivity index (χ1) is 8.77. The number of rotatable bonds is 7. The van der Waals surface area contributed by atoms with Crippen LogP contribution in [0, 0.1) is 5.92 Å². The summed E-state index contributed by atoms with van der Waals surface area (Å²) >= 11 is 0. The molecule has 1 aliphatic heterocycles. The van der Waals surface area contributed by atoms with E-state index in [1.165, 1.54) is 12.8 Å². The smallest absolute Gasteiger partial charge is 0.236 e. The van der Waals surface area contributed by atoms with Crippen LogP contribution >= 0.6 is 0 Å². The van der Waals surface area contributed by atoms with E-state index in [1.54, 1.807) is 0 Å². The van der Waals surface area contributed by atoms with Gasteiger partial charge < -0.3 is 15.3 Å². The summed E-state index contributed by atoms with van der Waals surface area (Å²) in [5.74, 6) is 0.711. The van der Waals surface area contributed by atoms with Gasteiger partial charge in [0.15, 0.2) is 0 Å². The van der Waals surface area contributed by atoms with Gasteiger partial charge in [-0.15, -0.1) is 0 Å². The fourth-order valence-corrected chi connectivity index (χ4v) is 2.45. The Morgan fingerprint density at radius 3 is 2.50 bits per heavy atom. The number of carbonyl (C=O) groups is 1. The molecule has 0 spiro atoms. The average molecular weight is 256 g/mol. The highest BCUT2D eigenvalue weighted by Crippen LogP contribution is 2.09. The van der Waals surface area contributed by atoms with E-state index < -0.39 is 0 Å². The van der Waals surface area contributed by atoms with Gasteiger partial charge in [0.05, 0.1) is 6.54 Å². The van der Waals surface area contributed by atoms with Gasteiger partial charge in [0.2, 0.25) is 5.91 Å². The van der Waals surface area contributed by atoms with Crippen LogP contribution in [0.15, 0.2) is 0 Å². The molecule has 0 bridgehead atoms.